The highest BCUT2D eigenvalue weighted by molar-refractivity contribution is 5.81. The number of ether oxygens (including phenoxy) is 3. The van der Waals surface area contributed by atoms with Crippen LogP contribution >= 0.6 is 0 Å². The molecule has 0 amide bonds. The van der Waals surface area contributed by atoms with E-state index in [2.05, 4.69) is 13.2 Å². The van der Waals surface area contributed by atoms with Crippen molar-refractivity contribution in [3.8, 4) is 0 Å². The van der Waals surface area contributed by atoms with E-state index in [1.54, 1.807) is 6.92 Å². The fourth-order valence-electron chi connectivity index (χ4n) is 1.05. The van der Waals surface area contributed by atoms with Gasteiger partial charge in [0.05, 0.1) is 19.3 Å². The summed E-state index contributed by atoms with van der Waals surface area (Å²) in [5, 5.41) is 0. The molecular formula is C13H20O5. The molecule has 2 unspecified atom stereocenters. The lowest BCUT2D eigenvalue weighted by Crippen LogP contribution is -2.23. The van der Waals surface area contributed by atoms with Crippen molar-refractivity contribution in [1.29, 1.82) is 0 Å². The lowest BCUT2D eigenvalue weighted by Gasteiger charge is -2.16. The van der Waals surface area contributed by atoms with Gasteiger partial charge in [-0.25, -0.2) is 9.59 Å². The van der Waals surface area contributed by atoms with Gasteiger partial charge in [0.15, 0.2) is 0 Å². The molecule has 0 saturated carbocycles. The first-order chi connectivity index (χ1) is 8.49. The predicted molar refractivity (Wildman–Crippen MR) is 66.9 cm³/mol. The lowest BCUT2D eigenvalue weighted by atomic mass is 10.3. The Hall–Kier alpha value is -1.62. The van der Waals surface area contributed by atoms with Crippen LogP contribution in [0.3, 0.4) is 0 Å². The van der Waals surface area contributed by atoms with Crippen molar-refractivity contribution in [1.82, 2.24) is 0 Å². The third-order valence-corrected chi connectivity index (χ3v) is 2.03. The molecule has 0 aromatic rings. The van der Waals surface area contributed by atoms with Gasteiger partial charge in [0.2, 0.25) is 0 Å². The molecule has 0 bridgehead atoms. The Morgan fingerprint density at radius 2 is 1.72 bits per heavy atom. The minimum absolute atomic E-state index is 0.0903. The van der Waals surface area contributed by atoms with Crippen LogP contribution < -0.4 is 0 Å². The van der Waals surface area contributed by atoms with Crippen molar-refractivity contribution < 1.29 is 23.8 Å². The molecule has 0 N–H and O–H groups in total. The van der Waals surface area contributed by atoms with Gasteiger partial charge < -0.3 is 14.2 Å². The summed E-state index contributed by atoms with van der Waals surface area (Å²) in [5.74, 6) is -0.922. The van der Waals surface area contributed by atoms with E-state index in [9.17, 15) is 9.59 Å². The first-order valence-corrected chi connectivity index (χ1v) is 5.73. The summed E-state index contributed by atoms with van der Waals surface area (Å²) < 4.78 is 15.2. The maximum atomic E-state index is 10.9. The number of carbonyl (C=O) groups excluding carboxylic acids is 2. The average Bonchev–Trinajstić information content (AvgIpc) is 2.35. The van der Waals surface area contributed by atoms with Crippen LogP contribution in [0, 0.1) is 0 Å². The summed E-state index contributed by atoms with van der Waals surface area (Å²) in [4.78, 5) is 21.7. The second-order valence-electron chi connectivity index (χ2n) is 3.76. The van der Waals surface area contributed by atoms with Crippen molar-refractivity contribution in [3.63, 3.8) is 0 Å². The van der Waals surface area contributed by atoms with E-state index in [1.165, 1.54) is 0 Å². The molecule has 0 fully saturated rings. The highest BCUT2D eigenvalue weighted by Crippen LogP contribution is 2.02. The van der Waals surface area contributed by atoms with Crippen LogP contribution in [0.1, 0.15) is 20.3 Å². The van der Waals surface area contributed by atoms with Gasteiger partial charge in [-0.15, -0.1) is 0 Å². The molecule has 0 saturated heterocycles. The number of hydrogen-bond donors (Lipinski definition) is 0. The Morgan fingerprint density at radius 1 is 1.11 bits per heavy atom. The van der Waals surface area contributed by atoms with Crippen molar-refractivity contribution in [2.75, 3.05) is 13.2 Å². The zero-order valence-corrected chi connectivity index (χ0v) is 10.9. The fraction of sp³-hybridized carbons (Fsp3) is 0.538. The number of hydrogen-bond acceptors (Lipinski definition) is 5. The van der Waals surface area contributed by atoms with Gasteiger partial charge in [-0.1, -0.05) is 13.2 Å². The van der Waals surface area contributed by atoms with Crippen LogP contribution in [-0.2, 0) is 23.8 Å². The first kappa shape index (κ1) is 16.4. The third-order valence-electron chi connectivity index (χ3n) is 2.03. The second-order valence-corrected chi connectivity index (χ2v) is 3.76. The maximum Gasteiger partial charge on any atom is 0.330 e. The fourth-order valence-corrected chi connectivity index (χ4v) is 1.05. The van der Waals surface area contributed by atoms with Crippen LogP contribution in [0.5, 0.6) is 0 Å². The van der Waals surface area contributed by atoms with Crippen LogP contribution in [0.2, 0.25) is 0 Å². The van der Waals surface area contributed by atoms with Crippen LogP contribution in [0.4, 0.5) is 0 Å². The van der Waals surface area contributed by atoms with E-state index in [-0.39, 0.29) is 25.4 Å². The second kappa shape index (κ2) is 9.41. The molecule has 0 aromatic heterocycles. The molecule has 0 aliphatic carbocycles. The van der Waals surface area contributed by atoms with E-state index >= 15 is 0 Å². The van der Waals surface area contributed by atoms with Gasteiger partial charge in [-0.3, -0.25) is 0 Å². The zero-order valence-electron chi connectivity index (χ0n) is 10.9. The number of rotatable bonds is 9. The van der Waals surface area contributed by atoms with Crippen molar-refractivity contribution >= 4 is 11.9 Å². The molecule has 102 valence electrons. The highest BCUT2D eigenvalue weighted by atomic mass is 16.6. The predicted octanol–water partition coefficient (Wildman–Crippen LogP) is 1.63. The van der Waals surface area contributed by atoms with Gasteiger partial charge in [-0.05, 0) is 13.8 Å². The number of esters is 2. The van der Waals surface area contributed by atoms with Crippen molar-refractivity contribution in [3.05, 3.63) is 25.3 Å². The summed E-state index contributed by atoms with van der Waals surface area (Å²) in [6, 6.07) is 0. The monoisotopic (exact) mass is 256 g/mol. The Labute approximate surface area is 107 Å². The summed E-state index contributed by atoms with van der Waals surface area (Å²) in [5.41, 5.74) is 0. The van der Waals surface area contributed by atoms with Gasteiger partial charge >= 0.3 is 11.9 Å². The number of carbonyl (C=O) groups is 2. The lowest BCUT2D eigenvalue weighted by molar-refractivity contribution is -0.147. The summed E-state index contributed by atoms with van der Waals surface area (Å²) in [6.07, 6.45) is 2.36. The van der Waals surface area contributed by atoms with Crippen LogP contribution in [-0.4, -0.2) is 37.4 Å². The van der Waals surface area contributed by atoms with Gasteiger partial charge in [0.1, 0.15) is 6.10 Å². The minimum atomic E-state index is -0.473. The highest BCUT2D eigenvalue weighted by Gasteiger charge is 2.10. The van der Waals surface area contributed by atoms with Crippen molar-refractivity contribution in [2.45, 2.75) is 32.5 Å². The topological polar surface area (TPSA) is 61.8 Å². The standard InChI is InChI=1S/C13H20O5/c1-5-12(14)16-8-7-10(3)17-9-11(4)18-13(15)6-2/h5-6,10-11H,1-2,7-9H2,3-4H3. The molecule has 18 heavy (non-hydrogen) atoms. The summed E-state index contributed by atoms with van der Waals surface area (Å²) >= 11 is 0. The van der Waals surface area contributed by atoms with Gasteiger partial charge in [0.25, 0.3) is 0 Å². The maximum absolute atomic E-state index is 10.9. The molecule has 2 atom stereocenters. The SMILES string of the molecule is C=CC(=O)OCCC(C)OCC(C)OC(=O)C=C. The Morgan fingerprint density at radius 3 is 2.28 bits per heavy atom. The molecule has 0 aromatic carbocycles. The summed E-state index contributed by atoms with van der Waals surface area (Å²) in [7, 11) is 0. The Kier molecular flexibility index (Phi) is 8.57. The van der Waals surface area contributed by atoms with E-state index in [4.69, 9.17) is 14.2 Å². The molecule has 0 aliphatic rings. The third kappa shape index (κ3) is 8.52. The summed E-state index contributed by atoms with van der Waals surface area (Å²) in [6.45, 7) is 10.7. The van der Waals surface area contributed by atoms with Crippen molar-refractivity contribution in [2.24, 2.45) is 0 Å². The van der Waals surface area contributed by atoms with Crippen LogP contribution in [0.15, 0.2) is 25.3 Å². The molecule has 0 heterocycles. The molecule has 0 aliphatic heterocycles. The van der Waals surface area contributed by atoms with E-state index in [1.807, 2.05) is 6.92 Å². The van der Waals surface area contributed by atoms with E-state index < -0.39 is 11.9 Å². The largest absolute Gasteiger partial charge is 0.462 e. The quantitative estimate of drug-likeness (QED) is 0.463. The molecular weight excluding hydrogens is 236 g/mol. The molecule has 5 heteroatoms. The zero-order chi connectivity index (χ0) is 14.0. The Balaban J connectivity index is 3.66. The van der Waals surface area contributed by atoms with Gasteiger partial charge in [-0.2, -0.15) is 0 Å². The average molecular weight is 256 g/mol. The van der Waals surface area contributed by atoms with Crippen LogP contribution in [0.25, 0.3) is 0 Å². The molecule has 5 nitrogen and oxygen atoms in total. The molecule has 0 rings (SSSR count). The Bertz CT molecular complexity index is 298. The van der Waals surface area contributed by atoms with Gasteiger partial charge in [0, 0.05) is 18.6 Å². The normalized spacial score (nSPS) is 13.2. The van der Waals surface area contributed by atoms with E-state index in [0.717, 1.165) is 12.2 Å². The smallest absolute Gasteiger partial charge is 0.330 e. The first-order valence-electron chi connectivity index (χ1n) is 5.73. The molecule has 0 spiro atoms. The molecule has 0 radical (unpaired) electrons. The van der Waals surface area contributed by atoms with E-state index in [0.29, 0.717) is 6.42 Å². The minimum Gasteiger partial charge on any atom is -0.462 e.